The van der Waals surface area contributed by atoms with E-state index in [1.807, 2.05) is 5.32 Å². The Morgan fingerprint density at radius 3 is 2.40 bits per heavy atom. The first-order valence-corrected chi connectivity index (χ1v) is 6.91. The van der Waals surface area contributed by atoms with Crippen LogP contribution in [0.2, 0.25) is 0 Å². The minimum Gasteiger partial charge on any atom is -0.398 e. The van der Waals surface area contributed by atoms with Crippen molar-refractivity contribution >= 4 is 37.5 Å². The first kappa shape index (κ1) is 18.6. The Kier molecular flexibility index (Phi) is 4.42. The normalized spacial score (nSPS) is 17.7. The summed E-state index contributed by atoms with van der Waals surface area (Å²) in [7, 11) is 6.19. The number of anilines is 1. The molecule has 11 heteroatoms. The number of carbonyl (C=O) groups excluding carboxylic acids is 4. The summed E-state index contributed by atoms with van der Waals surface area (Å²) in [6.07, 6.45) is -0.435. The molecule has 0 bridgehead atoms. The molecule has 25 heavy (non-hydrogen) atoms. The highest BCUT2D eigenvalue weighted by atomic mass is 16.5. The van der Waals surface area contributed by atoms with Gasteiger partial charge in [-0.3, -0.25) is 19.3 Å². The maximum absolute atomic E-state index is 12.6. The Labute approximate surface area is 142 Å². The van der Waals surface area contributed by atoms with Gasteiger partial charge in [-0.25, -0.2) is 0 Å². The van der Waals surface area contributed by atoms with E-state index in [1.54, 1.807) is 0 Å². The number of likely N-dealkylation sites (N-methyl/N-ethyl adjacent to an activating group) is 1. The molecule has 0 spiro atoms. The smallest absolute Gasteiger partial charge is 0.264 e. The molecule has 2 atom stereocenters. The lowest BCUT2D eigenvalue weighted by Crippen LogP contribution is -2.71. The second kappa shape index (κ2) is 5.95. The highest BCUT2D eigenvalue weighted by molar-refractivity contribution is 6.26. The number of nitrogens with one attached hydrogen (secondary N) is 1. The number of aliphatic hydroxyl groups is 3. The number of aldehydes is 1. The zero-order valence-electron chi connectivity index (χ0n) is 13.0. The number of carbonyl (C=O) groups is 4. The van der Waals surface area contributed by atoms with Gasteiger partial charge in [-0.15, -0.1) is 0 Å². The number of imide groups is 1. The molecule has 0 aromatic heterocycles. The van der Waals surface area contributed by atoms with Crippen molar-refractivity contribution < 1.29 is 34.5 Å². The van der Waals surface area contributed by atoms with Crippen molar-refractivity contribution in [2.45, 2.75) is 17.3 Å². The summed E-state index contributed by atoms with van der Waals surface area (Å²) >= 11 is 0. The van der Waals surface area contributed by atoms with Crippen LogP contribution in [0.5, 0.6) is 0 Å². The summed E-state index contributed by atoms with van der Waals surface area (Å²) in [5.74, 6) is -7.13. The van der Waals surface area contributed by atoms with E-state index in [4.69, 9.17) is 13.6 Å². The van der Waals surface area contributed by atoms with Gasteiger partial charge >= 0.3 is 0 Å². The lowest BCUT2D eigenvalue weighted by molar-refractivity contribution is -0.253. The van der Waals surface area contributed by atoms with E-state index in [2.05, 4.69) is 0 Å². The summed E-state index contributed by atoms with van der Waals surface area (Å²) in [6, 6.07) is 1.54. The molecule has 0 aliphatic carbocycles. The maximum Gasteiger partial charge on any atom is 0.264 e. The predicted molar refractivity (Wildman–Crippen MR) is 83.1 cm³/mol. The number of nitrogens with two attached hydrogens (primary N) is 1. The molecule has 0 fully saturated rings. The second-order valence-electron chi connectivity index (χ2n) is 5.44. The Hall–Kier alpha value is -2.76. The van der Waals surface area contributed by atoms with E-state index in [9.17, 15) is 34.5 Å². The van der Waals surface area contributed by atoms with Crippen LogP contribution in [0.1, 0.15) is 20.7 Å². The number of rotatable bonds is 5. The van der Waals surface area contributed by atoms with Gasteiger partial charge < -0.3 is 31.2 Å². The van der Waals surface area contributed by atoms with E-state index >= 15 is 0 Å². The summed E-state index contributed by atoms with van der Waals surface area (Å²) < 4.78 is 0. The van der Waals surface area contributed by atoms with Gasteiger partial charge in [0.05, 0.1) is 11.1 Å². The van der Waals surface area contributed by atoms with Crippen LogP contribution in [0.4, 0.5) is 5.69 Å². The monoisotopic (exact) mass is 347 g/mol. The second-order valence-corrected chi connectivity index (χ2v) is 5.44. The number of hydrogen-bond donors (Lipinski definition) is 5. The number of benzene rings is 1. The van der Waals surface area contributed by atoms with Crippen LogP contribution in [0.25, 0.3) is 0 Å². The number of fused-ring (bicyclic) bond motifs is 1. The van der Waals surface area contributed by atoms with Crippen LogP contribution in [0.3, 0.4) is 0 Å². The highest BCUT2D eigenvalue weighted by Crippen LogP contribution is 2.33. The molecule has 3 amide bonds. The molecule has 1 aromatic rings. The Bertz CT molecular complexity index is 778. The van der Waals surface area contributed by atoms with E-state index in [0.717, 1.165) is 7.05 Å². The molecule has 1 aromatic carbocycles. The molecule has 6 N–H and O–H groups in total. The molecular weight excluding hydrogens is 333 g/mol. The van der Waals surface area contributed by atoms with Gasteiger partial charge in [-0.2, -0.15) is 0 Å². The average molecular weight is 347 g/mol. The van der Waals surface area contributed by atoms with Crippen molar-refractivity contribution in [3.05, 3.63) is 29.3 Å². The lowest BCUT2D eigenvalue weighted by atomic mass is 9.72. The fourth-order valence-electron chi connectivity index (χ4n) is 2.49. The van der Waals surface area contributed by atoms with Crippen LogP contribution in [-0.2, 0) is 9.59 Å². The Morgan fingerprint density at radius 1 is 1.32 bits per heavy atom. The van der Waals surface area contributed by atoms with Crippen molar-refractivity contribution in [3.63, 3.8) is 0 Å². The van der Waals surface area contributed by atoms with Gasteiger partial charge in [-0.1, -0.05) is 6.07 Å². The molecule has 2 radical (unpaired) electrons. The summed E-state index contributed by atoms with van der Waals surface area (Å²) in [4.78, 5) is 48.3. The quantitative estimate of drug-likeness (QED) is 0.121. The molecule has 1 aliphatic heterocycles. The summed E-state index contributed by atoms with van der Waals surface area (Å²) in [5.41, 5.74) is 1.80. The Balaban J connectivity index is 2.64. The summed E-state index contributed by atoms with van der Waals surface area (Å²) in [6.45, 7) is 0. The number of amides is 3. The fraction of sp³-hybridized carbons (Fsp3) is 0.286. The Morgan fingerprint density at radius 2 is 1.92 bits per heavy atom. The van der Waals surface area contributed by atoms with Crippen molar-refractivity contribution in [1.82, 2.24) is 10.2 Å². The third-order valence-corrected chi connectivity index (χ3v) is 3.88. The third kappa shape index (κ3) is 2.58. The molecule has 2 unspecified atom stereocenters. The predicted octanol–water partition coefficient (Wildman–Crippen LogP) is -3.28. The van der Waals surface area contributed by atoms with Gasteiger partial charge in [0.2, 0.25) is 11.7 Å². The molecule has 0 saturated carbocycles. The molecule has 1 aliphatic rings. The zero-order valence-corrected chi connectivity index (χ0v) is 13.0. The van der Waals surface area contributed by atoms with Crippen LogP contribution in [-0.4, -0.2) is 76.5 Å². The zero-order chi connectivity index (χ0) is 19.2. The molecule has 1 heterocycles. The van der Waals surface area contributed by atoms with Gasteiger partial charge in [0.25, 0.3) is 11.8 Å². The molecular formula is C14H14BN3O7. The van der Waals surface area contributed by atoms with E-state index in [1.165, 1.54) is 18.2 Å². The van der Waals surface area contributed by atoms with E-state index in [0.29, 0.717) is 0 Å². The van der Waals surface area contributed by atoms with Crippen LogP contribution in [0.15, 0.2) is 18.2 Å². The van der Waals surface area contributed by atoms with Crippen molar-refractivity contribution in [2.75, 3.05) is 12.8 Å². The molecule has 10 nitrogen and oxygen atoms in total. The fourth-order valence-corrected chi connectivity index (χ4v) is 2.49. The number of nitrogen functional groups attached to an aromatic ring is 1. The van der Waals surface area contributed by atoms with Crippen molar-refractivity contribution in [2.24, 2.45) is 0 Å². The van der Waals surface area contributed by atoms with Gasteiger partial charge in [0.15, 0.2) is 6.04 Å². The van der Waals surface area contributed by atoms with Crippen LogP contribution >= 0.6 is 0 Å². The lowest BCUT2D eigenvalue weighted by Gasteiger charge is -2.41. The van der Waals surface area contributed by atoms with Crippen molar-refractivity contribution in [1.29, 1.82) is 0 Å². The molecule has 130 valence electrons. The number of nitrogens with zero attached hydrogens (tertiary/aromatic N) is 1. The van der Waals surface area contributed by atoms with Crippen LogP contribution in [0, 0.1) is 0 Å². The van der Waals surface area contributed by atoms with Crippen LogP contribution < -0.4 is 11.1 Å². The average Bonchev–Trinajstić information content (AvgIpc) is 2.80. The molecule has 0 saturated heterocycles. The SMILES string of the molecule is [B]C(O)(C=O)C(O)(O)C(C(=O)NC)N1C(=O)c2cccc(N)c2C1=O. The van der Waals surface area contributed by atoms with Gasteiger partial charge in [0, 0.05) is 12.7 Å². The first-order chi connectivity index (χ1) is 11.5. The topological polar surface area (TPSA) is 170 Å². The minimum absolute atomic E-state index is 0.0751. The maximum atomic E-state index is 12.6. The highest BCUT2D eigenvalue weighted by Gasteiger charge is 2.59. The largest absolute Gasteiger partial charge is 0.398 e. The molecule has 2 rings (SSSR count). The third-order valence-electron chi connectivity index (χ3n) is 3.88. The standard InChI is InChI=1S/C14H14BN3O7/c1-17-10(20)9(14(24,25)13(15,23)5-19)18-11(21)6-3-2-4-7(16)8(6)12(18)22/h2-5,9,23-25H,16H2,1H3,(H,17,20). The minimum atomic E-state index is -3.68. The number of hydrogen-bond acceptors (Lipinski definition) is 8. The van der Waals surface area contributed by atoms with E-state index in [-0.39, 0.29) is 21.7 Å². The first-order valence-electron chi connectivity index (χ1n) is 6.91. The van der Waals surface area contributed by atoms with Gasteiger partial charge in [-0.05, 0) is 12.1 Å². The van der Waals surface area contributed by atoms with Crippen molar-refractivity contribution in [3.8, 4) is 0 Å². The summed E-state index contributed by atoms with van der Waals surface area (Å²) in [5, 5.41) is 32.1. The van der Waals surface area contributed by atoms with E-state index < -0.39 is 41.3 Å². The van der Waals surface area contributed by atoms with Gasteiger partial charge in [0.1, 0.15) is 19.6 Å².